The lowest BCUT2D eigenvalue weighted by Crippen LogP contribution is -2.28. The normalized spacial score (nSPS) is 11.1. The van der Waals surface area contributed by atoms with Gasteiger partial charge < -0.3 is 9.84 Å². The predicted octanol–water partition coefficient (Wildman–Crippen LogP) is 3.81. The number of aromatic nitrogens is 5. The molecule has 1 amide bonds. The first-order valence-corrected chi connectivity index (χ1v) is 10.4. The van der Waals surface area contributed by atoms with Gasteiger partial charge in [0.25, 0.3) is 5.89 Å². The summed E-state index contributed by atoms with van der Waals surface area (Å²) in [5.41, 5.74) is 2.72. The Morgan fingerprint density at radius 3 is 2.73 bits per heavy atom. The summed E-state index contributed by atoms with van der Waals surface area (Å²) in [6, 6.07) is 17.8. The number of nitrogens with one attached hydrogen (secondary N) is 1. The third-order valence-electron chi connectivity index (χ3n) is 4.96. The van der Waals surface area contributed by atoms with Crippen LogP contribution in [0.3, 0.4) is 0 Å². The number of nitrogens with zero attached hydrogens (tertiary/aromatic N) is 5. The largest absolute Gasteiger partial charge is 0.350 e. The van der Waals surface area contributed by atoms with Crippen LogP contribution in [0.25, 0.3) is 28.5 Å². The number of carbonyl (C=O) groups excluding carboxylic acids is 1. The first-order valence-electron chi connectivity index (χ1n) is 10.0. The van der Waals surface area contributed by atoms with E-state index in [2.05, 4.69) is 20.6 Å². The van der Waals surface area contributed by atoms with Crippen LogP contribution in [0.5, 0.6) is 0 Å². The van der Waals surface area contributed by atoms with Crippen LogP contribution in [0.4, 0.5) is 5.69 Å². The van der Waals surface area contributed by atoms with E-state index in [9.17, 15) is 9.59 Å². The van der Waals surface area contributed by atoms with E-state index in [0.29, 0.717) is 27.7 Å². The fraction of sp³-hybridized carbons (Fsp3) is 0.0870. The summed E-state index contributed by atoms with van der Waals surface area (Å²) in [4.78, 5) is 29.7. The minimum absolute atomic E-state index is 0.201. The van der Waals surface area contributed by atoms with Gasteiger partial charge in [-0.2, -0.15) is 4.98 Å². The summed E-state index contributed by atoms with van der Waals surface area (Å²) in [6.07, 6.45) is 1.57. The molecule has 33 heavy (non-hydrogen) atoms. The Morgan fingerprint density at radius 1 is 1.12 bits per heavy atom. The molecule has 3 aromatic heterocycles. The van der Waals surface area contributed by atoms with Gasteiger partial charge in [-0.25, -0.2) is 13.9 Å². The van der Waals surface area contributed by atoms with Crippen molar-refractivity contribution in [3.63, 3.8) is 0 Å². The highest BCUT2D eigenvalue weighted by Gasteiger charge is 2.18. The molecule has 0 unspecified atom stereocenters. The number of aryl methyl sites for hydroxylation is 1. The molecule has 0 aliphatic rings. The number of anilines is 1. The van der Waals surface area contributed by atoms with Crippen molar-refractivity contribution in [2.24, 2.45) is 0 Å². The van der Waals surface area contributed by atoms with Crippen LogP contribution in [0.1, 0.15) is 5.56 Å². The molecule has 164 valence electrons. The van der Waals surface area contributed by atoms with Crippen molar-refractivity contribution in [2.75, 3.05) is 5.32 Å². The first-order chi connectivity index (χ1) is 16.0. The lowest BCUT2D eigenvalue weighted by Gasteiger charge is -2.05. The number of fused-ring (bicyclic) bond motifs is 1. The van der Waals surface area contributed by atoms with Gasteiger partial charge in [0.2, 0.25) is 11.7 Å². The van der Waals surface area contributed by atoms with Crippen molar-refractivity contribution >= 4 is 28.8 Å². The van der Waals surface area contributed by atoms with Gasteiger partial charge in [-0.3, -0.25) is 4.79 Å². The maximum atomic E-state index is 12.8. The quantitative estimate of drug-likeness (QED) is 0.427. The van der Waals surface area contributed by atoms with Gasteiger partial charge in [0.1, 0.15) is 6.54 Å². The molecule has 5 rings (SSSR count). The zero-order valence-corrected chi connectivity index (χ0v) is 18.2. The van der Waals surface area contributed by atoms with Crippen molar-refractivity contribution in [1.82, 2.24) is 24.3 Å². The molecular formula is C23H17ClN6O3. The van der Waals surface area contributed by atoms with E-state index in [-0.39, 0.29) is 18.3 Å². The molecule has 0 aliphatic carbocycles. The van der Waals surface area contributed by atoms with E-state index in [1.165, 1.54) is 4.40 Å². The van der Waals surface area contributed by atoms with Gasteiger partial charge in [0, 0.05) is 22.5 Å². The summed E-state index contributed by atoms with van der Waals surface area (Å²) in [6.45, 7) is 1.69. The second kappa shape index (κ2) is 8.36. The Kier molecular flexibility index (Phi) is 5.23. The lowest BCUT2D eigenvalue weighted by atomic mass is 10.2. The van der Waals surface area contributed by atoms with E-state index in [0.717, 1.165) is 15.8 Å². The van der Waals surface area contributed by atoms with E-state index in [1.807, 2.05) is 25.1 Å². The summed E-state index contributed by atoms with van der Waals surface area (Å²) in [5, 5.41) is 11.7. The van der Waals surface area contributed by atoms with Crippen LogP contribution < -0.4 is 11.0 Å². The van der Waals surface area contributed by atoms with Crippen LogP contribution in [0.2, 0.25) is 5.02 Å². The number of hydrogen-bond donors (Lipinski definition) is 1. The molecule has 0 saturated carbocycles. The van der Waals surface area contributed by atoms with Crippen LogP contribution in [0, 0.1) is 6.92 Å². The van der Waals surface area contributed by atoms with Crippen molar-refractivity contribution in [3.8, 4) is 22.8 Å². The van der Waals surface area contributed by atoms with E-state index < -0.39 is 5.69 Å². The molecule has 0 fully saturated rings. The van der Waals surface area contributed by atoms with Crippen LogP contribution in [-0.4, -0.2) is 30.2 Å². The Balaban J connectivity index is 1.45. The number of halogens is 1. The van der Waals surface area contributed by atoms with Gasteiger partial charge in [-0.15, -0.1) is 5.10 Å². The smallest absolute Gasteiger partial charge is 0.333 e. The molecule has 1 N–H and O–H groups in total. The second-order valence-electron chi connectivity index (χ2n) is 7.40. The minimum atomic E-state index is -0.455. The van der Waals surface area contributed by atoms with Gasteiger partial charge in [-0.1, -0.05) is 28.9 Å². The molecule has 2 aromatic carbocycles. The SMILES string of the molecule is Cc1cccc(NC(=O)Cn2nc3c(-c4nc(-c5ccc(Cl)cc5)no4)cccn3c2=O)c1. The maximum absolute atomic E-state index is 12.8. The molecule has 3 heterocycles. The Morgan fingerprint density at radius 2 is 1.94 bits per heavy atom. The second-order valence-corrected chi connectivity index (χ2v) is 7.84. The summed E-state index contributed by atoms with van der Waals surface area (Å²) in [5.74, 6) is 0.213. The number of rotatable bonds is 5. The Bertz CT molecular complexity index is 1530. The molecule has 0 atom stereocenters. The summed E-state index contributed by atoms with van der Waals surface area (Å²) in [7, 11) is 0. The zero-order valence-electron chi connectivity index (χ0n) is 17.4. The van der Waals surface area contributed by atoms with E-state index in [4.69, 9.17) is 16.1 Å². The van der Waals surface area contributed by atoms with E-state index >= 15 is 0 Å². The first kappa shape index (κ1) is 20.7. The third kappa shape index (κ3) is 4.13. The minimum Gasteiger partial charge on any atom is -0.333 e. The van der Waals surface area contributed by atoms with Crippen molar-refractivity contribution < 1.29 is 9.32 Å². The average molecular weight is 461 g/mol. The molecule has 10 heteroatoms. The van der Waals surface area contributed by atoms with Gasteiger partial charge >= 0.3 is 5.69 Å². The van der Waals surface area contributed by atoms with Crippen LogP contribution >= 0.6 is 11.6 Å². The van der Waals surface area contributed by atoms with E-state index in [1.54, 1.807) is 48.7 Å². The number of hydrogen-bond acceptors (Lipinski definition) is 6. The molecule has 0 radical (unpaired) electrons. The highest BCUT2D eigenvalue weighted by molar-refractivity contribution is 6.30. The molecule has 0 spiro atoms. The van der Waals surface area contributed by atoms with Crippen LogP contribution in [-0.2, 0) is 11.3 Å². The lowest BCUT2D eigenvalue weighted by molar-refractivity contribution is -0.117. The number of benzene rings is 2. The van der Waals surface area contributed by atoms with Crippen molar-refractivity contribution in [1.29, 1.82) is 0 Å². The number of pyridine rings is 1. The summed E-state index contributed by atoms with van der Waals surface area (Å²) < 4.78 is 7.86. The molecule has 0 saturated heterocycles. The highest BCUT2D eigenvalue weighted by Crippen LogP contribution is 2.25. The zero-order chi connectivity index (χ0) is 22.9. The number of carbonyl (C=O) groups is 1. The summed E-state index contributed by atoms with van der Waals surface area (Å²) >= 11 is 5.94. The van der Waals surface area contributed by atoms with Gasteiger partial charge in [0.05, 0.1) is 5.56 Å². The average Bonchev–Trinajstić information content (AvgIpc) is 3.40. The molecule has 0 aliphatic heterocycles. The Hall–Kier alpha value is -4.24. The molecular weight excluding hydrogens is 444 g/mol. The highest BCUT2D eigenvalue weighted by atomic mass is 35.5. The monoisotopic (exact) mass is 460 g/mol. The fourth-order valence-corrected chi connectivity index (χ4v) is 3.54. The van der Waals surface area contributed by atoms with Crippen molar-refractivity contribution in [3.05, 3.63) is 87.9 Å². The maximum Gasteiger partial charge on any atom is 0.350 e. The predicted molar refractivity (Wildman–Crippen MR) is 123 cm³/mol. The third-order valence-corrected chi connectivity index (χ3v) is 5.22. The topological polar surface area (TPSA) is 107 Å². The standard InChI is InChI=1S/C23H17ClN6O3/c1-14-4-2-5-17(12-14)25-19(31)13-30-23(32)29-11-3-6-18(21(29)27-30)22-26-20(28-33-22)15-7-9-16(24)10-8-15/h2-12H,13H2,1H3,(H,25,31). The number of amides is 1. The molecule has 0 bridgehead atoms. The molecule has 5 aromatic rings. The van der Waals surface area contributed by atoms with Crippen molar-refractivity contribution in [2.45, 2.75) is 13.5 Å². The Labute approximate surface area is 192 Å². The molecule has 9 nitrogen and oxygen atoms in total. The fourth-order valence-electron chi connectivity index (χ4n) is 3.42. The van der Waals surface area contributed by atoms with Crippen LogP contribution in [0.15, 0.2) is 76.2 Å². The van der Waals surface area contributed by atoms with Gasteiger partial charge in [0.15, 0.2) is 5.65 Å². The van der Waals surface area contributed by atoms with Gasteiger partial charge in [-0.05, 0) is 61.0 Å².